The van der Waals surface area contributed by atoms with Crippen LogP contribution in [0, 0.1) is 11.8 Å². The van der Waals surface area contributed by atoms with Crippen LogP contribution < -0.4 is 0 Å². The Bertz CT molecular complexity index is 374. The van der Waals surface area contributed by atoms with Gasteiger partial charge < -0.3 is 9.84 Å². The molecule has 102 valence electrons. The maximum atomic E-state index is 13.0. The summed E-state index contributed by atoms with van der Waals surface area (Å²) in [6, 6.07) is 0. The summed E-state index contributed by atoms with van der Waals surface area (Å²) < 4.78 is 31.0. The molecule has 1 N–H and O–H groups in total. The molecule has 2 unspecified atom stereocenters. The van der Waals surface area contributed by atoms with Crippen LogP contribution in [-0.2, 0) is 9.53 Å². The summed E-state index contributed by atoms with van der Waals surface area (Å²) in [6.07, 6.45) is 4.08. The number of carbonyl (C=O) groups excluding carboxylic acids is 1. The van der Waals surface area contributed by atoms with Crippen LogP contribution in [0.15, 0.2) is 0 Å². The van der Waals surface area contributed by atoms with Crippen LogP contribution in [0.25, 0.3) is 0 Å². The number of hydrogen-bond donors (Lipinski definition) is 1. The molecule has 0 aromatic carbocycles. The molecule has 4 aliphatic rings. The fourth-order valence-electron chi connectivity index (χ4n) is 4.54. The van der Waals surface area contributed by atoms with Gasteiger partial charge in [0.25, 0.3) is 0 Å². The number of esters is 1. The number of ether oxygens (including phenoxy) is 1. The molecule has 4 saturated carbocycles. The lowest BCUT2D eigenvalue weighted by atomic mass is 9.52. The number of rotatable bonds is 2. The molecule has 0 aromatic rings. The Hall–Kier alpha value is -0.710. The highest BCUT2D eigenvalue weighted by molar-refractivity contribution is 5.77. The zero-order valence-corrected chi connectivity index (χ0v) is 10.4. The van der Waals surface area contributed by atoms with Crippen molar-refractivity contribution in [1.29, 1.82) is 0 Å². The summed E-state index contributed by atoms with van der Waals surface area (Å²) in [5.41, 5.74) is -1.64. The lowest BCUT2D eigenvalue weighted by Gasteiger charge is -2.59. The molecule has 4 rings (SSSR count). The van der Waals surface area contributed by atoms with E-state index in [-0.39, 0.29) is 0 Å². The molecule has 0 heterocycles. The second-order valence-corrected chi connectivity index (χ2v) is 6.65. The van der Waals surface area contributed by atoms with E-state index in [0.717, 1.165) is 19.3 Å². The molecule has 3 nitrogen and oxygen atoms in total. The van der Waals surface area contributed by atoms with Crippen molar-refractivity contribution in [2.75, 3.05) is 0 Å². The number of halogens is 2. The first kappa shape index (κ1) is 12.3. The Kier molecular flexibility index (Phi) is 2.35. The first-order valence-electron chi connectivity index (χ1n) is 6.53. The molecule has 4 fully saturated rings. The van der Waals surface area contributed by atoms with Gasteiger partial charge in [0.15, 0.2) is 0 Å². The monoisotopic (exact) mass is 260 g/mol. The van der Waals surface area contributed by atoms with Gasteiger partial charge >= 0.3 is 11.9 Å². The summed E-state index contributed by atoms with van der Waals surface area (Å²) in [5, 5.41) is 10.4. The van der Waals surface area contributed by atoms with Crippen molar-refractivity contribution in [3.63, 3.8) is 0 Å². The van der Waals surface area contributed by atoms with E-state index in [0.29, 0.717) is 38.0 Å². The average molecular weight is 260 g/mol. The van der Waals surface area contributed by atoms with Crippen molar-refractivity contribution in [3.8, 4) is 0 Å². The topological polar surface area (TPSA) is 46.5 Å². The van der Waals surface area contributed by atoms with Crippen LogP contribution in [0.4, 0.5) is 8.78 Å². The summed E-state index contributed by atoms with van der Waals surface area (Å²) in [5.74, 6) is -4.27. The molecule has 2 atom stereocenters. The van der Waals surface area contributed by atoms with Gasteiger partial charge in [0.1, 0.15) is 5.60 Å². The van der Waals surface area contributed by atoms with Crippen LogP contribution in [-0.4, -0.2) is 28.2 Å². The van der Waals surface area contributed by atoms with E-state index < -0.39 is 23.1 Å². The van der Waals surface area contributed by atoms with E-state index in [1.807, 2.05) is 0 Å². The first-order valence-corrected chi connectivity index (χ1v) is 6.53. The van der Waals surface area contributed by atoms with Gasteiger partial charge in [-0.3, -0.25) is 0 Å². The summed E-state index contributed by atoms with van der Waals surface area (Å²) >= 11 is 0. The van der Waals surface area contributed by atoms with E-state index in [4.69, 9.17) is 4.74 Å². The van der Waals surface area contributed by atoms with Crippen molar-refractivity contribution < 1.29 is 23.4 Å². The SMILES string of the molecule is CC(F)(F)C(=O)OC12CC3CC(CC(O)(C3)C1)C2. The lowest BCUT2D eigenvalue weighted by Crippen LogP contribution is -2.61. The molecule has 4 aliphatic carbocycles. The zero-order valence-electron chi connectivity index (χ0n) is 10.4. The molecular weight excluding hydrogens is 242 g/mol. The van der Waals surface area contributed by atoms with E-state index in [1.54, 1.807) is 0 Å². The van der Waals surface area contributed by atoms with Gasteiger partial charge in [-0.05, 0) is 43.9 Å². The maximum Gasteiger partial charge on any atom is 0.377 e. The predicted molar refractivity (Wildman–Crippen MR) is 59.1 cm³/mol. The quantitative estimate of drug-likeness (QED) is 0.775. The molecule has 0 radical (unpaired) electrons. The maximum absolute atomic E-state index is 13.0. The van der Waals surface area contributed by atoms with Crippen LogP contribution >= 0.6 is 0 Å². The Labute approximate surface area is 105 Å². The third-order valence-corrected chi connectivity index (χ3v) is 4.64. The second kappa shape index (κ2) is 3.44. The van der Waals surface area contributed by atoms with Gasteiger partial charge in [-0.2, -0.15) is 8.78 Å². The van der Waals surface area contributed by atoms with Crippen molar-refractivity contribution in [2.24, 2.45) is 11.8 Å². The van der Waals surface area contributed by atoms with Crippen LogP contribution in [0.3, 0.4) is 0 Å². The molecule has 18 heavy (non-hydrogen) atoms. The fourth-order valence-corrected chi connectivity index (χ4v) is 4.54. The highest BCUT2D eigenvalue weighted by atomic mass is 19.3. The normalized spacial score (nSPS) is 46.2. The Morgan fingerprint density at radius 1 is 1.28 bits per heavy atom. The van der Waals surface area contributed by atoms with Gasteiger partial charge in [0.2, 0.25) is 0 Å². The number of carbonyl (C=O) groups is 1. The molecule has 0 aromatic heterocycles. The van der Waals surface area contributed by atoms with Crippen molar-refractivity contribution >= 4 is 5.97 Å². The third kappa shape index (κ3) is 1.92. The minimum atomic E-state index is -3.45. The van der Waals surface area contributed by atoms with Crippen LogP contribution in [0.5, 0.6) is 0 Å². The highest BCUT2D eigenvalue weighted by Crippen LogP contribution is 2.59. The molecule has 4 bridgehead atoms. The Morgan fingerprint density at radius 2 is 1.83 bits per heavy atom. The molecule has 0 saturated heterocycles. The smallest absolute Gasteiger partial charge is 0.377 e. The molecule has 5 heteroatoms. The van der Waals surface area contributed by atoms with E-state index >= 15 is 0 Å². The minimum Gasteiger partial charge on any atom is -0.455 e. The highest BCUT2D eigenvalue weighted by Gasteiger charge is 2.60. The number of hydrogen-bond acceptors (Lipinski definition) is 3. The first-order chi connectivity index (χ1) is 8.20. The molecule has 0 aliphatic heterocycles. The van der Waals surface area contributed by atoms with Crippen LogP contribution in [0.2, 0.25) is 0 Å². The van der Waals surface area contributed by atoms with Gasteiger partial charge in [-0.15, -0.1) is 0 Å². The third-order valence-electron chi connectivity index (χ3n) is 4.64. The Morgan fingerprint density at radius 3 is 2.28 bits per heavy atom. The molecule has 0 spiro atoms. The van der Waals surface area contributed by atoms with Gasteiger partial charge in [-0.25, -0.2) is 4.79 Å². The largest absolute Gasteiger partial charge is 0.455 e. The van der Waals surface area contributed by atoms with Crippen molar-refractivity contribution in [2.45, 2.75) is 62.6 Å². The summed E-state index contributed by atoms with van der Waals surface area (Å²) in [4.78, 5) is 11.4. The predicted octanol–water partition coefficient (Wildman–Crippen LogP) is 2.27. The number of alkyl halides is 2. The van der Waals surface area contributed by atoms with Crippen molar-refractivity contribution in [1.82, 2.24) is 0 Å². The van der Waals surface area contributed by atoms with Crippen molar-refractivity contribution in [3.05, 3.63) is 0 Å². The second-order valence-electron chi connectivity index (χ2n) is 6.65. The Balaban J connectivity index is 1.81. The molecular formula is C13H18F2O3. The molecule has 0 amide bonds. The standard InChI is InChI=1S/C13H18F2O3/c1-11(14,15)10(16)18-13-5-8-2-9(6-13)4-12(17,3-8)7-13/h8-9,17H,2-7H2,1H3. The zero-order chi connectivity index (χ0) is 13.2. The van der Waals surface area contributed by atoms with E-state index in [9.17, 15) is 18.7 Å². The minimum absolute atomic E-state index is 0.314. The van der Waals surface area contributed by atoms with Gasteiger partial charge in [0.05, 0.1) is 5.60 Å². The van der Waals surface area contributed by atoms with E-state index in [1.165, 1.54) is 0 Å². The average Bonchev–Trinajstić information content (AvgIpc) is 2.10. The van der Waals surface area contributed by atoms with Gasteiger partial charge in [0, 0.05) is 13.3 Å². The fraction of sp³-hybridized carbons (Fsp3) is 0.923. The van der Waals surface area contributed by atoms with E-state index in [2.05, 4.69) is 0 Å². The van der Waals surface area contributed by atoms with Gasteiger partial charge in [-0.1, -0.05) is 0 Å². The lowest BCUT2D eigenvalue weighted by molar-refractivity contribution is -0.232. The van der Waals surface area contributed by atoms with Crippen LogP contribution in [0.1, 0.15) is 45.4 Å². The number of aliphatic hydroxyl groups is 1. The summed E-state index contributed by atoms with van der Waals surface area (Å²) in [6.45, 7) is 0.560. The summed E-state index contributed by atoms with van der Waals surface area (Å²) in [7, 11) is 0.